The van der Waals surface area contributed by atoms with Crippen molar-refractivity contribution in [2.45, 2.75) is 55.7 Å². The molecule has 1 atom stereocenters. The van der Waals surface area contributed by atoms with Gasteiger partial charge in [0.15, 0.2) is 17.1 Å². The number of hydrogen-bond donors (Lipinski definition) is 0. The Labute approximate surface area is 312 Å². The summed E-state index contributed by atoms with van der Waals surface area (Å²) in [5.41, 5.74) is 5.61. The van der Waals surface area contributed by atoms with Crippen molar-refractivity contribution in [2.24, 2.45) is 0 Å². The Bertz CT molecular complexity index is 2220. The normalized spacial score (nSPS) is 20.4. The fourth-order valence-electron chi connectivity index (χ4n) is 9.47. The van der Waals surface area contributed by atoms with Crippen LogP contribution < -0.4 is 19.1 Å². The number of alkyl halides is 3. The van der Waals surface area contributed by atoms with Crippen LogP contribution in [-0.4, -0.2) is 38.8 Å². The molecule has 4 nitrogen and oxygen atoms in total. The van der Waals surface area contributed by atoms with E-state index in [4.69, 9.17) is 14.2 Å². The number of halogens is 3. The largest absolute Gasteiger partial charge is 0.493 e. The molecule has 5 aromatic rings. The number of ether oxygens (including phenoxy) is 3. The van der Waals surface area contributed by atoms with E-state index in [9.17, 15) is 13.2 Å². The number of thioether (sulfide) groups is 1. The minimum absolute atomic E-state index is 0.560. The van der Waals surface area contributed by atoms with Crippen molar-refractivity contribution in [3.8, 4) is 28.4 Å². The Balaban J connectivity index is 1.33. The number of rotatable bonds is 5. The predicted molar refractivity (Wildman–Crippen MR) is 209 cm³/mol. The van der Waals surface area contributed by atoms with E-state index >= 15 is 0 Å². The monoisotopic (exact) mass is 733 g/mol. The summed E-state index contributed by atoms with van der Waals surface area (Å²) in [5.74, 6) is 4.06. The van der Waals surface area contributed by atoms with E-state index in [1.165, 1.54) is 17.8 Å². The second-order valence-electron chi connectivity index (χ2n) is 14.7. The summed E-state index contributed by atoms with van der Waals surface area (Å²) < 4.78 is 62.5. The van der Waals surface area contributed by atoms with Gasteiger partial charge in [0, 0.05) is 57.8 Å². The maximum Gasteiger partial charge on any atom is 0.416 e. The van der Waals surface area contributed by atoms with Crippen molar-refractivity contribution in [3.05, 3.63) is 124 Å². The number of fused-ring (bicyclic) bond motifs is 10. The van der Waals surface area contributed by atoms with E-state index in [-0.39, 0.29) is 0 Å². The standard InChI is InChI=1S/C45H42F3NO3S/c1-50-38-27-35-36(28-39(38)51-2)42-34(41-40(35)33-17-14-31(45(46,47)48)26-37(33)43(41)19-8-3-4-9-20-43)18-21-44(52-42,29-10-6-5-7-11-29)30-12-15-32(16-13-30)49-22-24-53-25-23-49/h5-7,10-18,21,26-28H,3-4,8-9,19-20,22-25H2,1-2H3. The topological polar surface area (TPSA) is 30.9 Å². The van der Waals surface area contributed by atoms with Gasteiger partial charge in [-0.15, -0.1) is 0 Å². The van der Waals surface area contributed by atoms with Crippen molar-refractivity contribution in [1.29, 1.82) is 0 Å². The SMILES string of the molecule is COc1cc2c3c(c4c(c2cc1OC)-c1ccc(C(F)(F)F)cc1C41CCCCCC1)C=CC(c1ccccc1)(c1ccc(N2CCSCC2)cc1)O3. The first-order chi connectivity index (χ1) is 25.8. The average Bonchev–Trinajstić information content (AvgIpc) is 3.29. The molecule has 0 amide bonds. The quantitative estimate of drug-likeness (QED) is 0.180. The molecule has 0 radical (unpaired) electrons. The van der Waals surface area contributed by atoms with Crippen LogP contribution in [0, 0.1) is 0 Å². The van der Waals surface area contributed by atoms with E-state index in [0.29, 0.717) is 17.2 Å². The van der Waals surface area contributed by atoms with Crippen molar-refractivity contribution < 1.29 is 27.4 Å². The summed E-state index contributed by atoms with van der Waals surface area (Å²) in [6, 6.07) is 27.4. The number of methoxy groups -OCH3 is 2. The lowest BCUT2D eigenvalue weighted by molar-refractivity contribution is -0.137. The average molecular weight is 734 g/mol. The molecule has 9 rings (SSSR count). The summed E-state index contributed by atoms with van der Waals surface area (Å²) in [6.45, 7) is 2.04. The molecule has 4 aliphatic rings. The van der Waals surface area contributed by atoms with Gasteiger partial charge in [-0.2, -0.15) is 24.9 Å². The van der Waals surface area contributed by atoms with Gasteiger partial charge in [-0.3, -0.25) is 0 Å². The molecule has 0 bridgehead atoms. The van der Waals surface area contributed by atoms with E-state index in [2.05, 4.69) is 53.5 Å². The molecular formula is C45H42F3NO3S. The van der Waals surface area contributed by atoms with E-state index in [0.717, 1.165) is 113 Å². The maximum absolute atomic E-state index is 14.4. The van der Waals surface area contributed by atoms with Gasteiger partial charge in [0.2, 0.25) is 0 Å². The molecule has 2 heterocycles. The highest BCUT2D eigenvalue weighted by Crippen LogP contribution is 2.63. The zero-order valence-corrected chi connectivity index (χ0v) is 30.8. The Hall–Kier alpha value is -4.56. The lowest BCUT2D eigenvalue weighted by atomic mass is 9.69. The zero-order chi connectivity index (χ0) is 36.4. The molecule has 1 unspecified atom stereocenters. The molecule has 272 valence electrons. The van der Waals surface area contributed by atoms with E-state index in [1.807, 2.05) is 42.1 Å². The van der Waals surface area contributed by atoms with Crippen LogP contribution in [0.5, 0.6) is 17.2 Å². The molecule has 8 heteroatoms. The fraction of sp³-hybridized carbons (Fsp3) is 0.333. The fourth-order valence-corrected chi connectivity index (χ4v) is 10.4. The smallest absolute Gasteiger partial charge is 0.416 e. The predicted octanol–water partition coefficient (Wildman–Crippen LogP) is 11.4. The number of hydrogen-bond acceptors (Lipinski definition) is 5. The Morgan fingerprint density at radius 3 is 2.08 bits per heavy atom. The minimum atomic E-state index is -4.45. The summed E-state index contributed by atoms with van der Waals surface area (Å²) in [6.07, 6.45) is 5.45. The third-order valence-corrected chi connectivity index (χ3v) is 12.9. The highest BCUT2D eigenvalue weighted by molar-refractivity contribution is 7.99. The third-order valence-electron chi connectivity index (χ3n) is 12.0. The second kappa shape index (κ2) is 13.1. The van der Waals surface area contributed by atoms with Crippen molar-refractivity contribution >= 4 is 34.3 Å². The molecule has 2 aliphatic heterocycles. The highest BCUT2D eigenvalue weighted by atomic mass is 32.2. The highest BCUT2D eigenvalue weighted by Gasteiger charge is 2.49. The first-order valence-electron chi connectivity index (χ1n) is 18.6. The molecule has 5 aromatic carbocycles. The Morgan fingerprint density at radius 2 is 1.42 bits per heavy atom. The molecule has 0 N–H and O–H groups in total. The summed E-state index contributed by atoms with van der Waals surface area (Å²) >= 11 is 1.99. The maximum atomic E-state index is 14.4. The Morgan fingerprint density at radius 1 is 0.755 bits per heavy atom. The molecule has 0 aromatic heterocycles. The first-order valence-corrected chi connectivity index (χ1v) is 19.8. The van der Waals surface area contributed by atoms with Crippen LogP contribution in [0.15, 0.2) is 91.0 Å². The van der Waals surface area contributed by atoms with E-state index < -0.39 is 22.8 Å². The van der Waals surface area contributed by atoms with Crippen molar-refractivity contribution in [3.63, 3.8) is 0 Å². The number of benzene rings is 5. The van der Waals surface area contributed by atoms with Crippen LogP contribution in [0.4, 0.5) is 18.9 Å². The van der Waals surface area contributed by atoms with Gasteiger partial charge >= 0.3 is 6.18 Å². The summed E-state index contributed by atoms with van der Waals surface area (Å²) in [4.78, 5) is 2.44. The van der Waals surface area contributed by atoms with Gasteiger partial charge in [0.25, 0.3) is 0 Å². The van der Waals surface area contributed by atoms with Gasteiger partial charge in [0.05, 0.1) is 19.8 Å². The molecule has 53 heavy (non-hydrogen) atoms. The lowest BCUT2D eigenvalue weighted by Gasteiger charge is -2.40. The van der Waals surface area contributed by atoms with Crippen LogP contribution in [0.2, 0.25) is 0 Å². The first kappa shape index (κ1) is 34.2. The van der Waals surface area contributed by atoms with Gasteiger partial charge in [-0.05, 0) is 83.0 Å². The van der Waals surface area contributed by atoms with Crippen molar-refractivity contribution in [1.82, 2.24) is 0 Å². The Kier molecular flexibility index (Phi) is 8.45. The number of nitrogens with zero attached hydrogens (tertiary/aromatic N) is 1. The van der Waals surface area contributed by atoms with Gasteiger partial charge in [-0.25, -0.2) is 0 Å². The molecule has 2 fully saturated rings. The molecule has 2 aliphatic carbocycles. The molecular weight excluding hydrogens is 692 g/mol. The van der Waals surface area contributed by atoms with Crippen LogP contribution in [0.25, 0.3) is 28.0 Å². The van der Waals surface area contributed by atoms with Crippen LogP contribution >= 0.6 is 11.8 Å². The third kappa shape index (κ3) is 5.42. The molecule has 1 spiro atoms. The van der Waals surface area contributed by atoms with Crippen LogP contribution in [0.1, 0.15) is 71.9 Å². The second-order valence-corrected chi connectivity index (χ2v) is 15.9. The lowest BCUT2D eigenvalue weighted by Crippen LogP contribution is -2.36. The van der Waals surface area contributed by atoms with Crippen LogP contribution in [-0.2, 0) is 17.2 Å². The number of anilines is 1. The summed E-state index contributed by atoms with van der Waals surface area (Å²) in [7, 11) is 3.24. The van der Waals surface area contributed by atoms with Crippen molar-refractivity contribution in [2.75, 3.05) is 43.7 Å². The van der Waals surface area contributed by atoms with Gasteiger partial charge in [0.1, 0.15) is 5.75 Å². The van der Waals surface area contributed by atoms with E-state index in [1.54, 1.807) is 20.3 Å². The van der Waals surface area contributed by atoms with Gasteiger partial charge in [-0.1, -0.05) is 80.3 Å². The minimum Gasteiger partial charge on any atom is -0.493 e. The van der Waals surface area contributed by atoms with Crippen LogP contribution in [0.3, 0.4) is 0 Å². The summed E-state index contributed by atoms with van der Waals surface area (Å²) in [5, 5.41) is 1.72. The molecule has 1 saturated carbocycles. The zero-order valence-electron chi connectivity index (χ0n) is 30.0. The molecule has 1 saturated heterocycles. The van der Waals surface area contributed by atoms with Gasteiger partial charge < -0.3 is 19.1 Å².